The maximum atomic E-state index is 13.4. The number of piperazine rings is 1. The second-order valence-corrected chi connectivity index (χ2v) is 9.14. The van der Waals surface area contributed by atoms with Crippen LogP contribution in [0.2, 0.25) is 0 Å². The smallest absolute Gasteiger partial charge is 0.255 e. The van der Waals surface area contributed by atoms with Gasteiger partial charge in [0.1, 0.15) is 11.6 Å². The molecule has 1 N–H and O–H groups in total. The number of benzene rings is 3. The van der Waals surface area contributed by atoms with Crippen LogP contribution in [0.5, 0.6) is 5.75 Å². The summed E-state index contributed by atoms with van der Waals surface area (Å²) in [4.78, 5) is 19.9. The quantitative estimate of drug-likeness (QED) is 0.476. The zero-order valence-corrected chi connectivity index (χ0v) is 21.3. The van der Waals surface area contributed by atoms with Crippen molar-refractivity contribution in [2.24, 2.45) is 0 Å². The highest BCUT2D eigenvalue weighted by atomic mass is 19.1. The van der Waals surface area contributed by atoms with E-state index in [1.54, 1.807) is 6.07 Å². The van der Waals surface area contributed by atoms with E-state index in [4.69, 9.17) is 4.74 Å². The van der Waals surface area contributed by atoms with Crippen molar-refractivity contribution in [3.05, 3.63) is 89.7 Å². The Morgan fingerprint density at radius 1 is 0.972 bits per heavy atom. The monoisotopic (exact) mass is 490 g/mol. The average molecular weight is 491 g/mol. The van der Waals surface area contributed by atoms with Crippen molar-refractivity contribution in [1.82, 2.24) is 10.2 Å². The number of carbonyl (C=O) groups is 1. The molecule has 0 radical (unpaired) electrons. The molecule has 1 amide bonds. The van der Waals surface area contributed by atoms with Gasteiger partial charge in [-0.25, -0.2) is 4.39 Å². The fourth-order valence-corrected chi connectivity index (χ4v) is 4.62. The van der Waals surface area contributed by atoms with E-state index in [1.807, 2.05) is 51.4 Å². The van der Waals surface area contributed by atoms with Gasteiger partial charge in [-0.3, -0.25) is 9.69 Å². The summed E-state index contributed by atoms with van der Waals surface area (Å²) >= 11 is 0. The lowest BCUT2D eigenvalue weighted by Gasteiger charge is -2.40. The molecule has 0 aliphatic carbocycles. The Morgan fingerprint density at radius 3 is 2.28 bits per heavy atom. The molecule has 1 aliphatic rings. The molecule has 0 saturated carbocycles. The number of ether oxygens (including phenoxy) is 1. The topological polar surface area (TPSA) is 48.1 Å². The number of nitrogens with one attached hydrogen (secondary N) is 1. The number of nitrogens with zero attached hydrogens (tertiary/aromatic N) is 3. The number of carbonyl (C=O) groups excluding carboxylic acids is 1. The van der Waals surface area contributed by atoms with E-state index in [0.29, 0.717) is 24.5 Å². The second kappa shape index (κ2) is 11.9. The Balaban J connectivity index is 1.49. The van der Waals surface area contributed by atoms with Crippen molar-refractivity contribution in [2.45, 2.75) is 13.0 Å². The number of rotatable bonds is 9. The van der Waals surface area contributed by atoms with Gasteiger partial charge in [-0.15, -0.1) is 0 Å². The van der Waals surface area contributed by atoms with Crippen LogP contribution in [-0.4, -0.2) is 64.2 Å². The Morgan fingerprint density at radius 2 is 1.64 bits per heavy atom. The first-order valence-corrected chi connectivity index (χ1v) is 12.5. The molecule has 0 aromatic heterocycles. The van der Waals surface area contributed by atoms with Gasteiger partial charge in [0.15, 0.2) is 0 Å². The summed E-state index contributed by atoms with van der Waals surface area (Å²) in [6.07, 6.45) is 0. The fraction of sp³-hybridized carbons (Fsp3) is 0.345. The van der Waals surface area contributed by atoms with Gasteiger partial charge in [0, 0.05) is 58.2 Å². The SMILES string of the molecule is CCOc1ccccc1C(=O)NC[C@H](c1ccc(N(C)C)cc1)N1CCN(c2ccc(F)cc2)CC1. The van der Waals surface area contributed by atoms with Crippen molar-refractivity contribution >= 4 is 17.3 Å². The lowest BCUT2D eigenvalue weighted by molar-refractivity contribution is 0.0926. The van der Waals surface area contributed by atoms with E-state index in [2.05, 4.69) is 44.3 Å². The van der Waals surface area contributed by atoms with Gasteiger partial charge in [-0.05, 0) is 61.0 Å². The molecule has 0 spiro atoms. The Kier molecular flexibility index (Phi) is 8.44. The van der Waals surface area contributed by atoms with Crippen molar-refractivity contribution in [3.8, 4) is 5.75 Å². The maximum absolute atomic E-state index is 13.4. The molecule has 1 aliphatic heterocycles. The van der Waals surface area contributed by atoms with E-state index in [-0.39, 0.29) is 17.8 Å². The lowest BCUT2D eigenvalue weighted by Crippen LogP contribution is -2.50. The van der Waals surface area contributed by atoms with Gasteiger partial charge in [-0.2, -0.15) is 0 Å². The number of para-hydroxylation sites is 1. The summed E-state index contributed by atoms with van der Waals surface area (Å²) in [5, 5.41) is 3.15. The van der Waals surface area contributed by atoms with Crippen LogP contribution in [0.15, 0.2) is 72.8 Å². The standard InChI is InChI=1S/C29H35FN4O2/c1-4-36-28-8-6-5-7-26(28)29(35)31-21-27(22-9-13-24(14-10-22)32(2)3)34-19-17-33(18-20-34)25-15-11-23(30)12-16-25/h5-16,27H,4,17-21H2,1-3H3,(H,31,35)/t27-/m1/s1. The second-order valence-electron chi connectivity index (χ2n) is 9.14. The molecule has 4 rings (SSSR count). The highest BCUT2D eigenvalue weighted by Crippen LogP contribution is 2.26. The van der Waals surface area contributed by atoms with Gasteiger partial charge >= 0.3 is 0 Å². The molecular weight excluding hydrogens is 455 g/mol. The number of hydrogen-bond donors (Lipinski definition) is 1. The van der Waals surface area contributed by atoms with Crippen molar-refractivity contribution in [1.29, 1.82) is 0 Å². The molecule has 1 heterocycles. The number of halogens is 1. The fourth-order valence-electron chi connectivity index (χ4n) is 4.62. The molecule has 3 aromatic carbocycles. The molecular formula is C29H35FN4O2. The van der Waals surface area contributed by atoms with Crippen molar-refractivity contribution < 1.29 is 13.9 Å². The van der Waals surface area contributed by atoms with Crippen LogP contribution in [0.4, 0.5) is 15.8 Å². The third-order valence-corrected chi connectivity index (χ3v) is 6.63. The van der Waals surface area contributed by atoms with E-state index in [0.717, 1.165) is 43.1 Å². The molecule has 1 atom stereocenters. The van der Waals surface area contributed by atoms with E-state index < -0.39 is 0 Å². The number of amides is 1. The normalized spacial score (nSPS) is 14.8. The molecule has 3 aromatic rings. The molecule has 0 bridgehead atoms. The maximum Gasteiger partial charge on any atom is 0.255 e. The van der Waals surface area contributed by atoms with E-state index in [1.165, 1.54) is 12.1 Å². The van der Waals surface area contributed by atoms with E-state index >= 15 is 0 Å². The highest BCUT2D eigenvalue weighted by Gasteiger charge is 2.26. The zero-order valence-electron chi connectivity index (χ0n) is 21.3. The minimum atomic E-state index is -0.222. The largest absolute Gasteiger partial charge is 0.493 e. The van der Waals surface area contributed by atoms with Crippen LogP contribution in [0.25, 0.3) is 0 Å². The Bertz CT molecular complexity index is 1130. The van der Waals surface area contributed by atoms with Crippen molar-refractivity contribution in [2.75, 3.05) is 63.2 Å². The van der Waals surface area contributed by atoms with Crippen LogP contribution < -0.4 is 19.9 Å². The van der Waals surface area contributed by atoms with Gasteiger partial charge < -0.3 is 19.9 Å². The molecule has 0 unspecified atom stereocenters. The van der Waals surface area contributed by atoms with Gasteiger partial charge in [-0.1, -0.05) is 24.3 Å². The molecule has 7 heteroatoms. The van der Waals surface area contributed by atoms with Crippen LogP contribution in [0.1, 0.15) is 28.9 Å². The predicted octanol–water partition coefficient (Wildman–Crippen LogP) is 4.58. The summed E-state index contributed by atoms with van der Waals surface area (Å²) in [5.74, 6) is 0.233. The first-order valence-electron chi connectivity index (χ1n) is 12.5. The molecule has 6 nitrogen and oxygen atoms in total. The molecule has 1 fully saturated rings. The summed E-state index contributed by atoms with van der Waals surface area (Å²) in [5.41, 5.74) is 3.87. The van der Waals surface area contributed by atoms with Crippen LogP contribution in [0.3, 0.4) is 0 Å². The third kappa shape index (κ3) is 6.15. The van der Waals surface area contributed by atoms with Gasteiger partial charge in [0.05, 0.1) is 18.2 Å². The first-order chi connectivity index (χ1) is 17.5. The highest BCUT2D eigenvalue weighted by molar-refractivity contribution is 5.96. The zero-order chi connectivity index (χ0) is 25.5. The summed E-state index contributed by atoms with van der Waals surface area (Å²) in [7, 11) is 4.05. The minimum absolute atomic E-state index is 0.0276. The predicted molar refractivity (Wildman–Crippen MR) is 144 cm³/mol. The molecule has 36 heavy (non-hydrogen) atoms. The summed E-state index contributed by atoms with van der Waals surface area (Å²) < 4.78 is 19.0. The minimum Gasteiger partial charge on any atom is -0.493 e. The average Bonchev–Trinajstić information content (AvgIpc) is 2.90. The number of anilines is 2. The van der Waals surface area contributed by atoms with Gasteiger partial charge in [0.2, 0.25) is 0 Å². The summed E-state index contributed by atoms with van der Waals surface area (Å²) in [6, 6.07) is 22.6. The van der Waals surface area contributed by atoms with Gasteiger partial charge in [0.25, 0.3) is 5.91 Å². The Labute approximate surface area is 213 Å². The Hall–Kier alpha value is -3.58. The van der Waals surface area contributed by atoms with Crippen LogP contribution >= 0.6 is 0 Å². The molecule has 1 saturated heterocycles. The third-order valence-electron chi connectivity index (χ3n) is 6.63. The number of hydrogen-bond acceptors (Lipinski definition) is 5. The first kappa shape index (κ1) is 25.5. The van der Waals surface area contributed by atoms with Crippen LogP contribution in [0, 0.1) is 5.82 Å². The van der Waals surface area contributed by atoms with E-state index in [9.17, 15) is 9.18 Å². The molecule has 190 valence electrons. The van der Waals surface area contributed by atoms with Crippen molar-refractivity contribution in [3.63, 3.8) is 0 Å². The summed E-state index contributed by atoms with van der Waals surface area (Å²) in [6.45, 7) is 6.23. The lowest BCUT2D eigenvalue weighted by atomic mass is 10.0. The van der Waals surface area contributed by atoms with Crippen LogP contribution in [-0.2, 0) is 0 Å².